The van der Waals surface area contributed by atoms with Crippen LogP contribution in [0.3, 0.4) is 0 Å². The van der Waals surface area contributed by atoms with E-state index in [0.29, 0.717) is 11.6 Å². The molecule has 0 atom stereocenters. The predicted octanol–water partition coefficient (Wildman–Crippen LogP) is 6.25. The Balaban J connectivity index is 1.60. The zero-order chi connectivity index (χ0) is 24.5. The van der Waals surface area contributed by atoms with Gasteiger partial charge in [-0.1, -0.05) is 42.1 Å². The first-order valence-electron chi connectivity index (χ1n) is 9.81. The number of fused-ring (bicyclic) bond motifs is 1. The van der Waals surface area contributed by atoms with E-state index in [1.54, 1.807) is 4.57 Å². The van der Waals surface area contributed by atoms with E-state index < -0.39 is 40.8 Å². The Hall–Kier alpha value is -3.47. The van der Waals surface area contributed by atoms with Crippen molar-refractivity contribution in [3.8, 4) is 0 Å². The molecular weight excluding hydrogens is 480 g/mol. The van der Waals surface area contributed by atoms with Gasteiger partial charge in [-0.25, -0.2) is 18.2 Å². The Kier molecular flexibility index (Phi) is 6.56. The molecule has 0 saturated carbocycles. The van der Waals surface area contributed by atoms with Crippen molar-refractivity contribution >= 4 is 34.4 Å². The molecule has 0 aliphatic rings. The van der Waals surface area contributed by atoms with Crippen LogP contribution in [0.4, 0.5) is 32.0 Å². The predicted molar refractivity (Wildman–Crippen MR) is 116 cm³/mol. The zero-order valence-electron chi connectivity index (χ0n) is 17.2. The minimum atomic E-state index is -4.54. The van der Waals surface area contributed by atoms with E-state index in [4.69, 9.17) is 0 Å². The number of benzene rings is 3. The molecular formula is C23H15F6N3OS. The summed E-state index contributed by atoms with van der Waals surface area (Å²) < 4.78 is 81.4. The van der Waals surface area contributed by atoms with E-state index in [1.807, 2.05) is 30.3 Å². The van der Waals surface area contributed by atoms with E-state index in [9.17, 15) is 31.1 Å². The second kappa shape index (κ2) is 9.41. The summed E-state index contributed by atoms with van der Waals surface area (Å²) in [5, 5.41) is 2.42. The minimum Gasteiger partial charge on any atom is -0.323 e. The lowest BCUT2D eigenvalue weighted by molar-refractivity contribution is -0.137. The van der Waals surface area contributed by atoms with Crippen LogP contribution in [0.1, 0.15) is 11.1 Å². The first-order chi connectivity index (χ1) is 16.1. The van der Waals surface area contributed by atoms with Crippen molar-refractivity contribution in [3.63, 3.8) is 0 Å². The van der Waals surface area contributed by atoms with Gasteiger partial charge < -0.3 is 9.88 Å². The first-order valence-corrected chi connectivity index (χ1v) is 10.8. The monoisotopic (exact) mass is 495 g/mol. The quantitative estimate of drug-likeness (QED) is 0.195. The summed E-state index contributed by atoms with van der Waals surface area (Å²) in [5.41, 5.74) is 0.00755. The topological polar surface area (TPSA) is 46.9 Å². The highest BCUT2D eigenvalue weighted by atomic mass is 32.2. The molecule has 0 bridgehead atoms. The van der Waals surface area contributed by atoms with Crippen molar-refractivity contribution in [2.75, 3.05) is 11.1 Å². The number of anilines is 1. The van der Waals surface area contributed by atoms with Gasteiger partial charge in [-0.2, -0.15) is 13.2 Å². The number of halogens is 6. The smallest absolute Gasteiger partial charge is 0.323 e. The molecule has 0 radical (unpaired) electrons. The van der Waals surface area contributed by atoms with Gasteiger partial charge in [0.15, 0.2) is 22.6 Å². The first kappa shape index (κ1) is 23.7. The maximum absolute atomic E-state index is 13.8. The third-order valence-corrected chi connectivity index (χ3v) is 5.84. The van der Waals surface area contributed by atoms with Gasteiger partial charge in [0.25, 0.3) is 0 Å². The van der Waals surface area contributed by atoms with Gasteiger partial charge in [0, 0.05) is 0 Å². The molecule has 4 nitrogen and oxygen atoms in total. The Bertz CT molecular complexity index is 1350. The van der Waals surface area contributed by atoms with Crippen LogP contribution in [-0.2, 0) is 17.5 Å². The van der Waals surface area contributed by atoms with Crippen LogP contribution < -0.4 is 5.32 Å². The average Bonchev–Trinajstić information content (AvgIpc) is 3.15. The molecule has 1 heterocycles. The molecule has 0 saturated heterocycles. The van der Waals surface area contributed by atoms with Crippen LogP contribution in [0.25, 0.3) is 11.0 Å². The number of nitrogens with one attached hydrogen (secondary N) is 1. The number of carbonyl (C=O) groups is 1. The lowest BCUT2D eigenvalue weighted by Crippen LogP contribution is -2.16. The molecule has 1 N–H and O–H groups in total. The molecule has 11 heteroatoms. The lowest BCUT2D eigenvalue weighted by atomic mass is 10.2. The molecule has 0 spiro atoms. The van der Waals surface area contributed by atoms with Gasteiger partial charge in [-0.05, 0) is 35.9 Å². The number of hydrogen-bond donors (Lipinski definition) is 1. The number of amides is 1. The van der Waals surface area contributed by atoms with Crippen molar-refractivity contribution < 1.29 is 31.1 Å². The second-order valence-corrected chi connectivity index (χ2v) is 8.17. The molecule has 176 valence electrons. The molecule has 34 heavy (non-hydrogen) atoms. The number of rotatable bonds is 6. The molecule has 0 unspecified atom stereocenters. The third-order valence-electron chi connectivity index (χ3n) is 4.87. The fraction of sp³-hybridized carbons (Fsp3) is 0.130. The van der Waals surface area contributed by atoms with E-state index >= 15 is 0 Å². The highest BCUT2D eigenvalue weighted by Crippen LogP contribution is 2.33. The van der Waals surface area contributed by atoms with E-state index in [-0.39, 0.29) is 23.0 Å². The van der Waals surface area contributed by atoms with Gasteiger partial charge in [0.1, 0.15) is 0 Å². The van der Waals surface area contributed by atoms with Crippen molar-refractivity contribution in [2.24, 2.45) is 0 Å². The molecule has 1 amide bonds. The maximum atomic E-state index is 13.8. The zero-order valence-corrected chi connectivity index (χ0v) is 18.0. The summed E-state index contributed by atoms with van der Waals surface area (Å²) in [5.74, 6) is -5.67. The molecule has 1 aromatic heterocycles. The van der Waals surface area contributed by atoms with Gasteiger partial charge in [-0.15, -0.1) is 0 Å². The summed E-state index contributed by atoms with van der Waals surface area (Å²) in [6.07, 6.45) is -4.54. The van der Waals surface area contributed by atoms with Gasteiger partial charge in [-0.3, -0.25) is 4.79 Å². The van der Waals surface area contributed by atoms with Crippen molar-refractivity contribution in [3.05, 3.63) is 89.2 Å². The summed E-state index contributed by atoms with van der Waals surface area (Å²) >= 11 is 0.914. The van der Waals surface area contributed by atoms with Gasteiger partial charge >= 0.3 is 6.18 Å². The normalized spacial score (nSPS) is 11.7. The second-order valence-electron chi connectivity index (χ2n) is 7.23. The van der Waals surface area contributed by atoms with Gasteiger partial charge in [0.05, 0.1) is 34.6 Å². The van der Waals surface area contributed by atoms with E-state index in [2.05, 4.69) is 10.3 Å². The van der Waals surface area contributed by atoms with Crippen molar-refractivity contribution in [1.29, 1.82) is 0 Å². The highest BCUT2D eigenvalue weighted by Gasteiger charge is 2.31. The highest BCUT2D eigenvalue weighted by molar-refractivity contribution is 7.99. The molecule has 4 rings (SSSR count). The molecule has 0 aliphatic carbocycles. The van der Waals surface area contributed by atoms with E-state index in [0.717, 1.165) is 35.5 Å². The summed E-state index contributed by atoms with van der Waals surface area (Å²) in [4.78, 5) is 16.6. The standard InChI is InChI=1S/C23H15F6N3OS/c24-15-7-8-16(21(26)20(15)25)30-19(33)12-34-22-31-17-10-14(23(27,28)29)6-9-18(17)32(22)11-13-4-2-1-3-5-13/h1-10H,11-12H2,(H,30,33). The number of alkyl halides is 3. The number of imidazole rings is 1. The summed E-state index contributed by atoms with van der Waals surface area (Å²) in [6, 6.07) is 13.9. The van der Waals surface area contributed by atoms with Crippen LogP contribution >= 0.6 is 11.8 Å². The average molecular weight is 495 g/mol. The van der Waals surface area contributed by atoms with Crippen LogP contribution in [0.15, 0.2) is 65.8 Å². The third kappa shape index (κ3) is 5.04. The lowest BCUT2D eigenvalue weighted by Gasteiger charge is -2.10. The SMILES string of the molecule is O=C(CSc1nc2cc(C(F)(F)F)ccc2n1Cc1ccccc1)Nc1ccc(F)c(F)c1F. The minimum absolute atomic E-state index is 0.0975. The Morgan fingerprint density at radius 2 is 1.71 bits per heavy atom. The number of nitrogens with zero attached hydrogens (tertiary/aromatic N) is 2. The fourth-order valence-corrected chi connectivity index (χ4v) is 4.07. The summed E-state index contributed by atoms with van der Waals surface area (Å²) in [6.45, 7) is 0.282. The number of thioether (sulfide) groups is 1. The Morgan fingerprint density at radius 3 is 2.41 bits per heavy atom. The van der Waals surface area contributed by atoms with Crippen LogP contribution in [0, 0.1) is 17.5 Å². The fourth-order valence-electron chi connectivity index (χ4n) is 3.25. The molecule has 3 aromatic carbocycles. The van der Waals surface area contributed by atoms with Crippen LogP contribution in [-0.4, -0.2) is 21.2 Å². The van der Waals surface area contributed by atoms with Crippen molar-refractivity contribution in [1.82, 2.24) is 9.55 Å². The number of carbonyl (C=O) groups excluding carboxylic acids is 1. The Labute approximate surface area is 193 Å². The largest absolute Gasteiger partial charge is 0.416 e. The maximum Gasteiger partial charge on any atom is 0.416 e. The van der Waals surface area contributed by atoms with Crippen LogP contribution in [0.2, 0.25) is 0 Å². The van der Waals surface area contributed by atoms with Gasteiger partial charge in [0.2, 0.25) is 5.91 Å². The summed E-state index contributed by atoms with van der Waals surface area (Å²) in [7, 11) is 0. The Morgan fingerprint density at radius 1 is 0.971 bits per heavy atom. The van der Waals surface area contributed by atoms with E-state index in [1.165, 1.54) is 6.07 Å². The number of aromatic nitrogens is 2. The number of hydrogen-bond acceptors (Lipinski definition) is 3. The van der Waals surface area contributed by atoms with Crippen LogP contribution in [0.5, 0.6) is 0 Å². The molecule has 0 aliphatic heterocycles. The molecule has 0 fully saturated rings. The van der Waals surface area contributed by atoms with Crippen molar-refractivity contribution in [2.45, 2.75) is 17.9 Å². The molecule has 4 aromatic rings.